The zero-order valence-corrected chi connectivity index (χ0v) is 9.55. The molecule has 1 heterocycles. The molecule has 4 heteroatoms. The normalized spacial score (nSPS) is 8.64. The summed E-state index contributed by atoms with van der Waals surface area (Å²) in [5.74, 6) is -0.465. The molecule has 1 aromatic rings. The fourth-order valence-corrected chi connectivity index (χ4v) is 1.06. The molecule has 0 aliphatic carbocycles. The van der Waals surface area contributed by atoms with Crippen LogP contribution < -0.4 is 0 Å². The highest BCUT2D eigenvalue weighted by atomic mass is 35.5. The number of aryl methyl sites for hydroxylation is 1. The van der Waals surface area contributed by atoms with Gasteiger partial charge in [-0.3, -0.25) is 0 Å². The van der Waals surface area contributed by atoms with Crippen molar-refractivity contribution in [3.63, 3.8) is 0 Å². The molecule has 3 nitrogen and oxygen atoms in total. The van der Waals surface area contributed by atoms with Crippen molar-refractivity contribution in [3.8, 4) is 0 Å². The smallest absolute Gasteiger partial charge is 0.341 e. The lowest BCUT2D eigenvalue weighted by Crippen LogP contribution is -2.03. The van der Waals surface area contributed by atoms with E-state index in [1.54, 1.807) is 19.1 Å². The van der Waals surface area contributed by atoms with Gasteiger partial charge in [-0.1, -0.05) is 25.4 Å². The summed E-state index contributed by atoms with van der Waals surface area (Å²) in [4.78, 5) is 14.9. The third kappa shape index (κ3) is 3.34. The molecule has 0 bridgehead atoms. The Labute approximate surface area is 89.1 Å². The summed E-state index contributed by atoms with van der Waals surface area (Å²) < 4.78 is 4.49. The number of methoxy groups -OCH3 is 1. The summed E-state index contributed by atoms with van der Waals surface area (Å²) in [5.41, 5.74) is 1.07. The van der Waals surface area contributed by atoms with E-state index in [9.17, 15) is 4.79 Å². The molecule has 78 valence electrons. The molecular formula is C10H14ClNO2. The lowest BCUT2D eigenvalue weighted by Gasteiger charge is -2.00. The van der Waals surface area contributed by atoms with Crippen molar-refractivity contribution in [2.75, 3.05) is 7.11 Å². The van der Waals surface area contributed by atoms with Crippen LogP contribution in [0.5, 0.6) is 0 Å². The van der Waals surface area contributed by atoms with Crippen LogP contribution in [0, 0.1) is 6.92 Å². The van der Waals surface area contributed by atoms with E-state index in [0.717, 1.165) is 5.69 Å². The highest BCUT2D eigenvalue weighted by Crippen LogP contribution is 2.13. The summed E-state index contributed by atoms with van der Waals surface area (Å²) in [6, 6.07) is 3.30. The number of hydrogen-bond donors (Lipinski definition) is 0. The number of esters is 1. The molecule has 1 rings (SSSR count). The molecule has 0 aliphatic heterocycles. The van der Waals surface area contributed by atoms with Crippen LogP contribution in [0.2, 0.25) is 5.15 Å². The molecule has 0 atom stereocenters. The van der Waals surface area contributed by atoms with Crippen LogP contribution in [0.15, 0.2) is 12.1 Å². The molecule has 0 fully saturated rings. The first-order chi connectivity index (χ1) is 6.65. The molecular weight excluding hydrogens is 202 g/mol. The summed E-state index contributed by atoms with van der Waals surface area (Å²) in [6.45, 7) is 5.80. The standard InChI is InChI=1S/C8H8ClNO2.C2H6/c1-5-3-4-6(7(9)10-5)8(11)12-2;1-2/h3-4H,1-2H3;1-2H3. The zero-order valence-electron chi connectivity index (χ0n) is 8.80. The molecule has 0 radical (unpaired) electrons. The van der Waals surface area contributed by atoms with Crippen LogP contribution in [-0.4, -0.2) is 18.1 Å². The van der Waals surface area contributed by atoms with Crippen LogP contribution in [0.4, 0.5) is 0 Å². The van der Waals surface area contributed by atoms with E-state index in [0.29, 0.717) is 5.56 Å². The van der Waals surface area contributed by atoms with Crippen LogP contribution in [-0.2, 0) is 4.74 Å². The predicted octanol–water partition coefficient (Wildman–Crippen LogP) is 2.86. The van der Waals surface area contributed by atoms with Crippen LogP contribution in [0.25, 0.3) is 0 Å². The van der Waals surface area contributed by atoms with Gasteiger partial charge in [-0.15, -0.1) is 0 Å². The Hall–Kier alpha value is -1.09. The SMILES string of the molecule is CC.COC(=O)c1ccc(C)nc1Cl. The molecule has 0 aliphatic rings. The number of aromatic nitrogens is 1. The van der Waals surface area contributed by atoms with Crippen molar-refractivity contribution in [2.45, 2.75) is 20.8 Å². The quantitative estimate of drug-likeness (QED) is 0.534. The van der Waals surface area contributed by atoms with E-state index >= 15 is 0 Å². The summed E-state index contributed by atoms with van der Waals surface area (Å²) >= 11 is 5.69. The van der Waals surface area contributed by atoms with Gasteiger partial charge in [0.05, 0.1) is 12.7 Å². The van der Waals surface area contributed by atoms with Crippen molar-refractivity contribution in [2.24, 2.45) is 0 Å². The molecule has 0 saturated heterocycles. The van der Waals surface area contributed by atoms with Crippen molar-refractivity contribution in [1.82, 2.24) is 4.98 Å². The highest BCUT2D eigenvalue weighted by molar-refractivity contribution is 6.32. The first-order valence-electron chi connectivity index (χ1n) is 4.36. The minimum atomic E-state index is -0.465. The predicted molar refractivity (Wildman–Crippen MR) is 56.7 cm³/mol. The number of nitrogens with zero attached hydrogens (tertiary/aromatic N) is 1. The van der Waals surface area contributed by atoms with Gasteiger partial charge in [0.15, 0.2) is 0 Å². The maximum atomic E-state index is 11.0. The maximum Gasteiger partial charge on any atom is 0.341 e. The van der Waals surface area contributed by atoms with E-state index in [-0.39, 0.29) is 5.15 Å². The van der Waals surface area contributed by atoms with Gasteiger partial charge in [0.1, 0.15) is 5.15 Å². The maximum absolute atomic E-state index is 11.0. The summed E-state index contributed by atoms with van der Waals surface area (Å²) in [5, 5.41) is 0.182. The Bertz CT molecular complexity index is 313. The minimum Gasteiger partial charge on any atom is -0.465 e. The van der Waals surface area contributed by atoms with E-state index in [4.69, 9.17) is 11.6 Å². The summed E-state index contributed by atoms with van der Waals surface area (Å²) in [7, 11) is 1.30. The third-order valence-electron chi connectivity index (χ3n) is 1.39. The minimum absolute atomic E-state index is 0.182. The second-order valence-corrected chi connectivity index (χ2v) is 2.64. The number of hydrogen-bond acceptors (Lipinski definition) is 3. The molecule has 0 unspecified atom stereocenters. The first-order valence-corrected chi connectivity index (χ1v) is 4.74. The highest BCUT2D eigenvalue weighted by Gasteiger charge is 2.10. The van der Waals surface area contributed by atoms with Crippen molar-refractivity contribution in [1.29, 1.82) is 0 Å². The van der Waals surface area contributed by atoms with Gasteiger partial charge in [0.25, 0.3) is 0 Å². The van der Waals surface area contributed by atoms with Crippen molar-refractivity contribution >= 4 is 17.6 Å². The van der Waals surface area contributed by atoms with Gasteiger partial charge in [0.2, 0.25) is 0 Å². The first kappa shape index (κ1) is 12.9. The lowest BCUT2D eigenvalue weighted by molar-refractivity contribution is 0.0600. The monoisotopic (exact) mass is 215 g/mol. The average Bonchev–Trinajstić information content (AvgIpc) is 2.20. The van der Waals surface area contributed by atoms with Gasteiger partial charge in [-0.25, -0.2) is 9.78 Å². The average molecular weight is 216 g/mol. The third-order valence-corrected chi connectivity index (χ3v) is 1.68. The van der Waals surface area contributed by atoms with E-state index in [1.165, 1.54) is 7.11 Å². The van der Waals surface area contributed by atoms with Gasteiger partial charge in [-0.2, -0.15) is 0 Å². The van der Waals surface area contributed by atoms with E-state index in [2.05, 4.69) is 9.72 Å². The number of pyridine rings is 1. The van der Waals surface area contributed by atoms with Crippen molar-refractivity contribution in [3.05, 3.63) is 28.5 Å². The van der Waals surface area contributed by atoms with Gasteiger partial charge >= 0.3 is 5.97 Å². The fraction of sp³-hybridized carbons (Fsp3) is 0.400. The number of carbonyl (C=O) groups excluding carboxylic acids is 1. The number of rotatable bonds is 1. The van der Waals surface area contributed by atoms with Crippen LogP contribution >= 0.6 is 11.6 Å². The number of ether oxygens (including phenoxy) is 1. The largest absolute Gasteiger partial charge is 0.465 e. The van der Waals surface area contributed by atoms with Gasteiger partial charge < -0.3 is 4.74 Å². The van der Waals surface area contributed by atoms with E-state index in [1.807, 2.05) is 13.8 Å². The van der Waals surface area contributed by atoms with Crippen molar-refractivity contribution < 1.29 is 9.53 Å². The Morgan fingerprint density at radius 2 is 2.00 bits per heavy atom. The Morgan fingerprint density at radius 3 is 2.43 bits per heavy atom. The molecule has 0 saturated carbocycles. The second-order valence-electron chi connectivity index (χ2n) is 2.28. The second kappa shape index (κ2) is 6.38. The Balaban J connectivity index is 0.000000791. The van der Waals surface area contributed by atoms with Crippen LogP contribution in [0.3, 0.4) is 0 Å². The van der Waals surface area contributed by atoms with E-state index < -0.39 is 5.97 Å². The summed E-state index contributed by atoms with van der Waals surface area (Å²) in [6.07, 6.45) is 0. The zero-order chi connectivity index (χ0) is 11.1. The topological polar surface area (TPSA) is 39.2 Å². The fourth-order valence-electron chi connectivity index (χ4n) is 0.787. The number of carbonyl (C=O) groups is 1. The van der Waals surface area contributed by atoms with Crippen LogP contribution in [0.1, 0.15) is 29.9 Å². The molecule has 0 aromatic carbocycles. The molecule has 14 heavy (non-hydrogen) atoms. The Kier molecular flexibility index (Phi) is 5.88. The Morgan fingerprint density at radius 1 is 1.43 bits per heavy atom. The molecule has 1 aromatic heterocycles. The van der Waals surface area contributed by atoms with Gasteiger partial charge in [-0.05, 0) is 19.1 Å². The molecule has 0 N–H and O–H groups in total. The number of halogens is 1. The molecule has 0 spiro atoms. The lowest BCUT2D eigenvalue weighted by atomic mass is 10.2. The molecule has 0 amide bonds. The van der Waals surface area contributed by atoms with Gasteiger partial charge in [0, 0.05) is 5.69 Å².